The van der Waals surface area contributed by atoms with Crippen LogP contribution < -0.4 is 14.9 Å². The Kier molecular flexibility index (Phi) is 7.95. The number of hydrazone groups is 1. The van der Waals surface area contributed by atoms with Crippen molar-refractivity contribution in [1.82, 2.24) is 5.43 Å². The van der Waals surface area contributed by atoms with E-state index in [-0.39, 0.29) is 0 Å². The lowest BCUT2D eigenvalue weighted by Gasteiger charge is -2.10. The summed E-state index contributed by atoms with van der Waals surface area (Å²) in [6.45, 7) is 0.294. The van der Waals surface area contributed by atoms with Crippen molar-refractivity contribution in [2.24, 2.45) is 5.10 Å². The molecule has 0 aliphatic heterocycles. The fourth-order valence-electron chi connectivity index (χ4n) is 3.93. The quantitative estimate of drug-likeness (QED) is 0.100. The molecule has 0 spiro atoms. The van der Waals surface area contributed by atoms with E-state index in [2.05, 4.69) is 10.5 Å². The Morgan fingerprint density at radius 1 is 0.769 bits per heavy atom. The van der Waals surface area contributed by atoms with Gasteiger partial charge in [0.25, 0.3) is 5.91 Å². The fraction of sp³-hybridized carbons (Fsp3) is 0.0312. The van der Waals surface area contributed by atoms with Crippen molar-refractivity contribution in [1.29, 1.82) is 0 Å². The lowest BCUT2D eigenvalue weighted by Crippen LogP contribution is -2.18. The average molecular weight is 535 g/mol. The van der Waals surface area contributed by atoms with Crippen molar-refractivity contribution in [2.75, 3.05) is 0 Å². The third-order valence-corrected chi connectivity index (χ3v) is 6.17. The van der Waals surface area contributed by atoms with Crippen LogP contribution in [0.4, 0.5) is 0 Å². The molecule has 6 nitrogen and oxygen atoms in total. The molecular weight excluding hydrogens is 512 g/mol. The van der Waals surface area contributed by atoms with Crippen LogP contribution in [-0.2, 0) is 6.61 Å². The molecule has 0 unspecified atom stereocenters. The summed E-state index contributed by atoms with van der Waals surface area (Å²) in [6, 6.07) is 34.3. The number of carbonyl (C=O) groups is 2. The minimum atomic E-state index is -0.433. The Labute approximate surface area is 230 Å². The second kappa shape index (κ2) is 12.1. The van der Waals surface area contributed by atoms with Gasteiger partial charge in [0, 0.05) is 5.02 Å². The smallest absolute Gasteiger partial charge is 0.344 e. The predicted molar refractivity (Wildman–Crippen MR) is 153 cm³/mol. The number of nitrogens with one attached hydrogen (secondary N) is 1. The highest BCUT2D eigenvalue weighted by Gasteiger charge is 2.13. The molecule has 0 bridgehead atoms. The topological polar surface area (TPSA) is 77.0 Å². The zero-order chi connectivity index (χ0) is 27.0. The zero-order valence-electron chi connectivity index (χ0n) is 20.7. The minimum absolute atomic E-state index is 0.294. The number of amides is 1. The van der Waals surface area contributed by atoms with Crippen LogP contribution in [0.1, 0.15) is 31.8 Å². The number of benzene rings is 5. The highest BCUT2D eigenvalue weighted by atomic mass is 35.5. The Morgan fingerprint density at radius 2 is 1.46 bits per heavy atom. The highest BCUT2D eigenvalue weighted by molar-refractivity contribution is 6.30. The van der Waals surface area contributed by atoms with E-state index in [1.54, 1.807) is 66.7 Å². The normalized spacial score (nSPS) is 10.9. The van der Waals surface area contributed by atoms with E-state index < -0.39 is 11.9 Å². The number of nitrogens with zero attached hydrogens (tertiary/aromatic N) is 1. The summed E-state index contributed by atoms with van der Waals surface area (Å²) >= 11 is 5.93. The predicted octanol–water partition coefficient (Wildman–Crippen LogP) is 7.06. The fourth-order valence-corrected chi connectivity index (χ4v) is 4.06. The van der Waals surface area contributed by atoms with E-state index in [0.717, 1.165) is 16.3 Å². The van der Waals surface area contributed by atoms with Crippen LogP contribution in [0.15, 0.2) is 120 Å². The molecule has 192 valence electrons. The second-order valence-electron chi connectivity index (χ2n) is 8.60. The summed E-state index contributed by atoms with van der Waals surface area (Å²) < 4.78 is 11.4. The van der Waals surface area contributed by atoms with Gasteiger partial charge in [0.15, 0.2) is 0 Å². The van der Waals surface area contributed by atoms with Crippen molar-refractivity contribution in [3.63, 3.8) is 0 Å². The standard InChI is InChI=1S/C32H23ClN2O4/c33-25-16-12-23(13-17-25)21-38-30-11-4-3-9-29(30)31(36)35-34-20-22-14-18-26(19-15-22)39-32(37)28-10-5-7-24-6-1-2-8-27(24)28/h1-20H,21H2,(H,35,36)/b34-20+. The first-order valence-corrected chi connectivity index (χ1v) is 12.5. The number of hydrogen-bond donors (Lipinski definition) is 1. The van der Waals surface area contributed by atoms with Gasteiger partial charge < -0.3 is 9.47 Å². The number of rotatable bonds is 8. The van der Waals surface area contributed by atoms with Crippen molar-refractivity contribution < 1.29 is 19.1 Å². The molecule has 5 aromatic carbocycles. The molecule has 39 heavy (non-hydrogen) atoms. The zero-order valence-corrected chi connectivity index (χ0v) is 21.5. The molecule has 0 saturated carbocycles. The SMILES string of the molecule is O=C(N/N=C/c1ccc(OC(=O)c2cccc3ccccc23)cc1)c1ccccc1OCc1ccc(Cl)cc1. The van der Waals surface area contributed by atoms with Crippen LogP contribution in [0.3, 0.4) is 0 Å². The Morgan fingerprint density at radius 3 is 2.28 bits per heavy atom. The van der Waals surface area contributed by atoms with E-state index in [1.165, 1.54) is 6.21 Å². The van der Waals surface area contributed by atoms with Crippen LogP contribution in [0.25, 0.3) is 10.8 Å². The monoisotopic (exact) mass is 534 g/mol. The highest BCUT2D eigenvalue weighted by Crippen LogP contribution is 2.22. The molecule has 1 N–H and O–H groups in total. The lowest BCUT2D eigenvalue weighted by molar-refractivity contribution is 0.0736. The first kappa shape index (κ1) is 25.7. The summed E-state index contributed by atoms with van der Waals surface area (Å²) in [5, 5.41) is 6.51. The maximum Gasteiger partial charge on any atom is 0.344 e. The maximum atomic E-state index is 12.8. The largest absolute Gasteiger partial charge is 0.488 e. The summed E-state index contributed by atoms with van der Waals surface area (Å²) in [5.41, 5.74) is 5.03. The third-order valence-electron chi connectivity index (χ3n) is 5.92. The van der Waals surface area contributed by atoms with Gasteiger partial charge in [0.05, 0.1) is 17.3 Å². The first-order chi connectivity index (χ1) is 19.1. The molecule has 0 radical (unpaired) electrons. The van der Waals surface area contributed by atoms with Crippen LogP contribution in [0, 0.1) is 0 Å². The van der Waals surface area contributed by atoms with Crippen molar-refractivity contribution in [3.05, 3.63) is 143 Å². The molecule has 1 amide bonds. The summed E-state index contributed by atoms with van der Waals surface area (Å²) in [5.74, 6) is 0.00872. The van der Waals surface area contributed by atoms with Gasteiger partial charge in [-0.2, -0.15) is 5.10 Å². The van der Waals surface area contributed by atoms with Crippen molar-refractivity contribution in [2.45, 2.75) is 6.61 Å². The first-order valence-electron chi connectivity index (χ1n) is 12.2. The number of fused-ring (bicyclic) bond motifs is 1. The molecule has 0 fully saturated rings. The van der Waals surface area contributed by atoms with E-state index >= 15 is 0 Å². The molecule has 0 saturated heterocycles. The van der Waals surface area contributed by atoms with Gasteiger partial charge in [-0.1, -0.05) is 72.3 Å². The molecular formula is C32H23ClN2O4. The van der Waals surface area contributed by atoms with Gasteiger partial charge in [-0.3, -0.25) is 4.79 Å². The van der Waals surface area contributed by atoms with E-state index in [0.29, 0.717) is 39.8 Å². The molecule has 7 heteroatoms. The number of esters is 1. The van der Waals surface area contributed by atoms with Gasteiger partial charge in [-0.05, 0) is 76.5 Å². The minimum Gasteiger partial charge on any atom is -0.488 e. The van der Waals surface area contributed by atoms with Crippen LogP contribution in [0.2, 0.25) is 5.02 Å². The Bertz CT molecular complexity index is 1640. The number of para-hydroxylation sites is 1. The van der Waals surface area contributed by atoms with Crippen LogP contribution >= 0.6 is 11.6 Å². The summed E-state index contributed by atoms with van der Waals surface area (Å²) in [6.07, 6.45) is 1.51. The third kappa shape index (κ3) is 6.50. The van der Waals surface area contributed by atoms with Gasteiger partial charge >= 0.3 is 5.97 Å². The maximum absolute atomic E-state index is 12.8. The van der Waals surface area contributed by atoms with Gasteiger partial charge in [0.1, 0.15) is 18.1 Å². The van der Waals surface area contributed by atoms with Crippen molar-refractivity contribution in [3.8, 4) is 11.5 Å². The van der Waals surface area contributed by atoms with E-state index in [1.807, 2.05) is 48.5 Å². The lowest BCUT2D eigenvalue weighted by atomic mass is 10.0. The second-order valence-corrected chi connectivity index (χ2v) is 9.03. The Balaban J connectivity index is 1.18. The van der Waals surface area contributed by atoms with Crippen LogP contribution in [0.5, 0.6) is 11.5 Å². The number of hydrogen-bond acceptors (Lipinski definition) is 5. The number of carbonyl (C=O) groups excluding carboxylic acids is 2. The summed E-state index contributed by atoms with van der Waals surface area (Å²) in [4.78, 5) is 25.5. The molecule has 0 atom stereocenters. The average Bonchev–Trinajstić information content (AvgIpc) is 2.97. The Hall–Kier alpha value is -4.94. The molecule has 5 aromatic rings. The molecule has 5 rings (SSSR count). The number of ether oxygens (including phenoxy) is 2. The molecule has 0 aromatic heterocycles. The molecule has 0 aliphatic rings. The van der Waals surface area contributed by atoms with Gasteiger partial charge in [-0.15, -0.1) is 0 Å². The number of halogens is 1. The van der Waals surface area contributed by atoms with Crippen molar-refractivity contribution >= 4 is 40.5 Å². The van der Waals surface area contributed by atoms with Crippen LogP contribution in [-0.4, -0.2) is 18.1 Å². The molecule has 0 aliphatic carbocycles. The van der Waals surface area contributed by atoms with Gasteiger partial charge in [0.2, 0.25) is 0 Å². The van der Waals surface area contributed by atoms with Gasteiger partial charge in [-0.25, -0.2) is 10.2 Å². The van der Waals surface area contributed by atoms with E-state index in [9.17, 15) is 9.59 Å². The summed E-state index contributed by atoms with van der Waals surface area (Å²) in [7, 11) is 0. The van der Waals surface area contributed by atoms with E-state index in [4.69, 9.17) is 21.1 Å². The molecule has 0 heterocycles.